The van der Waals surface area contributed by atoms with Crippen LogP contribution in [0.2, 0.25) is 18.1 Å². The van der Waals surface area contributed by atoms with Crippen LogP contribution < -0.4 is 15.5 Å². The average molecular weight is 636 g/mol. The van der Waals surface area contributed by atoms with E-state index in [2.05, 4.69) is 73.2 Å². The van der Waals surface area contributed by atoms with Gasteiger partial charge < -0.3 is 29.1 Å². The first-order chi connectivity index (χ1) is 20.9. The lowest BCUT2D eigenvalue weighted by molar-refractivity contribution is 0.0336. The second-order valence-electron chi connectivity index (χ2n) is 15.4. The quantitative estimate of drug-likeness (QED) is 0.259. The van der Waals surface area contributed by atoms with Crippen LogP contribution in [-0.2, 0) is 9.16 Å². The minimum absolute atomic E-state index is 0.00740. The number of amides is 2. The highest BCUT2D eigenvalue weighted by molar-refractivity contribution is 6.74. The average Bonchev–Trinajstić information content (AvgIpc) is 3.50. The molecule has 2 amide bonds. The van der Waals surface area contributed by atoms with E-state index in [1.165, 1.54) is 0 Å². The van der Waals surface area contributed by atoms with E-state index in [1.807, 2.05) is 39.0 Å². The van der Waals surface area contributed by atoms with Gasteiger partial charge in [-0.15, -0.1) is 0 Å². The van der Waals surface area contributed by atoms with E-state index in [1.54, 1.807) is 18.5 Å². The summed E-state index contributed by atoms with van der Waals surface area (Å²) in [6.45, 7) is 22.1. The lowest BCUT2D eigenvalue weighted by Gasteiger charge is -2.48. The normalized spacial score (nSPS) is 24.0. The van der Waals surface area contributed by atoms with Crippen molar-refractivity contribution in [3.05, 3.63) is 48.1 Å². The molecule has 1 aliphatic carbocycles. The first-order valence-corrected chi connectivity index (χ1v) is 18.9. The number of carbonyl (C=O) groups is 2. The minimum atomic E-state index is -2.16. The van der Waals surface area contributed by atoms with Crippen LogP contribution >= 0.6 is 0 Å². The number of nitrogens with one attached hydrogen (secondary N) is 2. The second-order valence-corrected chi connectivity index (χ2v) is 20.1. The molecule has 4 heterocycles. The number of anilines is 2. The maximum atomic E-state index is 13.5. The van der Waals surface area contributed by atoms with Crippen molar-refractivity contribution in [3.63, 3.8) is 0 Å². The molecule has 0 radical (unpaired) electrons. The van der Waals surface area contributed by atoms with Crippen molar-refractivity contribution in [2.45, 2.75) is 104 Å². The van der Waals surface area contributed by atoms with Gasteiger partial charge in [0.1, 0.15) is 17.1 Å². The zero-order valence-electron chi connectivity index (χ0n) is 28.4. The topological polar surface area (TPSA) is 119 Å². The number of alkyl carbamates (subject to hydrolysis) is 1. The van der Waals surface area contributed by atoms with Gasteiger partial charge in [-0.05, 0) is 75.5 Å². The summed E-state index contributed by atoms with van der Waals surface area (Å²) in [6.07, 6.45) is 3.78. The van der Waals surface area contributed by atoms with Crippen molar-refractivity contribution in [2.24, 2.45) is 11.8 Å². The molecule has 1 saturated heterocycles. The third-order valence-electron chi connectivity index (χ3n) is 9.32. The maximum absolute atomic E-state index is 13.5. The van der Waals surface area contributed by atoms with Gasteiger partial charge in [0, 0.05) is 36.5 Å². The highest BCUT2D eigenvalue weighted by Crippen LogP contribution is 2.48. The number of furan rings is 1. The fourth-order valence-corrected chi connectivity index (χ4v) is 7.10. The molecule has 2 fully saturated rings. The second kappa shape index (κ2) is 12.1. The predicted molar refractivity (Wildman–Crippen MR) is 179 cm³/mol. The molecule has 5 atom stereocenters. The number of hydrogen-bond donors (Lipinski definition) is 2. The van der Waals surface area contributed by atoms with Gasteiger partial charge in [0.15, 0.2) is 8.32 Å². The van der Waals surface area contributed by atoms with Gasteiger partial charge >= 0.3 is 6.09 Å². The van der Waals surface area contributed by atoms with Crippen LogP contribution in [0.4, 0.5) is 16.2 Å². The number of ether oxygens (including phenoxy) is 1. The Bertz CT molecular complexity index is 1560. The number of piperidine rings is 1. The summed E-state index contributed by atoms with van der Waals surface area (Å²) >= 11 is 0. The molecule has 0 spiro atoms. The van der Waals surface area contributed by atoms with Crippen LogP contribution in [0.1, 0.15) is 84.0 Å². The molecule has 2 aliphatic rings. The summed E-state index contributed by atoms with van der Waals surface area (Å²) in [5.74, 6) is 1.69. The number of rotatable bonds is 7. The predicted octanol–water partition coefficient (Wildman–Crippen LogP) is 7.34. The Kier molecular flexibility index (Phi) is 8.82. The number of carbonyl (C=O) groups excluding carboxylic acids is 2. The molecule has 10 nitrogen and oxygen atoms in total. The first-order valence-electron chi connectivity index (χ1n) is 16.0. The van der Waals surface area contributed by atoms with Crippen LogP contribution in [0, 0.1) is 11.8 Å². The Balaban J connectivity index is 1.37. The molecule has 3 unspecified atom stereocenters. The summed E-state index contributed by atoms with van der Waals surface area (Å²) in [5.41, 5.74) is 1.46. The van der Waals surface area contributed by atoms with E-state index >= 15 is 0 Å². The minimum Gasteiger partial charge on any atom is -0.444 e. The number of pyridine rings is 2. The number of hydrogen-bond acceptors (Lipinski definition) is 8. The molecule has 11 heteroatoms. The van der Waals surface area contributed by atoms with Crippen LogP contribution in [-0.4, -0.2) is 61.1 Å². The molecular formula is C34H49N5O5Si. The van der Waals surface area contributed by atoms with E-state index in [9.17, 15) is 9.59 Å². The number of aromatic nitrogens is 2. The SMILES string of the molecule is CC1CC1c1cc2ccc(C(=O)Nc3cnccc3N3C[C@H](C)C(O[Si](C)(C)C(C)(C)C)[C@H](NC(=O)OC(C)(C)C)C3)nc2o1. The van der Waals surface area contributed by atoms with Crippen molar-refractivity contribution in [1.29, 1.82) is 0 Å². The summed E-state index contributed by atoms with van der Waals surface area (Å²) in [7, 11) is -2.16. The van der Waals surface area contributed by atoms with Crippen LogP contribution in [0.5, 0.6) is 0 Å². The monoisotopic (exact) mass is 635 g/mol. The molecule has 45 heavy (non-hydrogen) atoms. The maximum Gasteiger partial charge on any atom is 0.408 e. The van der Waals surface area contributed by atoms with Crippen molar-refractivity contribution < 1.29 is 23.2 Å². The molecule has 1 aliphatic heterocycles. The summed E-state index contributed by atoms with van der Waals surface area (Å²) in [4.78, 5) is 37.5. The molecule has 1 saturated carbocycles. The summed E-state index contributed by atoms with van der Waals surface area (Å²) < 4.78 is 18.6. The van der Waals surface area contributed by atoms with Crippen molar-refractivity contribution in [2.75, 3.05) is 23.3 Å². The van der Waals surface area contributed by atoms with E-state index in [0.29, 0.717) is 36.3 Å². The van der Waals surface area contributed by atoms with E-state index in [4.69, 9.17) is 13.6 Å². The Morgan fingerprint density at radius 3 is 2.40 bits per heavy atom. The Hall–Kier alpha value is -3.44. The van der Waals surface area contributed by atoms with Crippen molar-refractivity contribution in [1.82, 2.24) is 15.3 Å². The Morgan fingerprint density at radius 1 is 1.04 bits per heavy atom. The molecule has 5 rings (SSSR count). The van der Waals surface area contributed by atoms with E-state index in [0.717, 1.165) is 23.3 Å². The molecular weight excluding hydrogens is 586 g/mol. The van der Waals surface area contributed by atoms with Gasteiger partial charge in [0.05, 0.1) is 29.7 Å². The molecule has 0 aromatic carbocycles. The lowest BCUT2D eigenvalue weighted by atomic mass is 9.92. The van der Waals surface area contributed by atoms with Crippen molar-refractivity contribution in [3.8, 4) is 0 Å². The third-order valence-corrected chi connectivity index (χ3v) is 13.8. The zero-order chi connectivity index (χ0) is 32.9. The smallest absolute Gasteiger partial charge is 0.408 e. The molecule has 244 valence electrons. The van der Waals surface area contributed by atoms with E-state index < -0.39 is 20.0 Å². The molecule has 2 N–H and O–H groups in total. The van der Waals surface area contributed by atoms with Gasteiger partial charge in [-0.1, -0.05) is 34.6 Å². The van der Waals surface area contributed by atoms with E-state index in [-0.39, 0.29) is 34.7 Å². The van der Waals surface area contributed by atoms with Gasteiger partial charge in [-0.25, -0.2) is 9.78 Å². The van der Waals surface area contributed by atoms with Crippen LogP contribution in [0.3, 0.4) is 0 Å². The van der Waals surface area contributed by atoms with Crippen LogP contribution in [0.15, 0.2) is 41.1 Å². The molecule has 3 aromatic heterocycles. The Labute approximate surface area is 267 Å². The molecule has 3 aromatic rings. The van der Waals surface area contributed by atoms with Gasteiger partial charge in [0.25, 0.3) is 5.91 Å². The Morgan fingerprint density at radius 2 is 1.76 bits per heavy atom. The van der Waals surface area contributed by atoms with Crippen molar-refractivity contribution >= 4 is 42.8 Å². The highest BCUT2D eigenvalue weighted by Gasteiger charge is 2.45. The zero-order valence-corrected chi connectivity index (χ0v) is 29.4. The van der Waals surface area contributed by atoms with Crippen LogP contribution in [0.25, 0.3) is 11.1 Å². The summed E-state index contributed by atoms with van der Waals surface area (Å²) in [6, 6.07) is 7.16. The number of fused-ring (bicyclic) bond motifs is 1. The van der Waals surface area contributed by atoms with Gasteiger partial charge in [0.2, 0.25) is 5.71 Å². The largest absolute Gasteiger partial charge is 0.444 e. The lowest BCUT2D eigenvalue weighted by Crippen LogP contribution is -2.63. The fourth-order valence-electron chi connectivity index (χ4n) is 5.67. The highest BCUT2D eigenvalue weighted by atomic mass is 28.4. The number of nitrogens with zero attached hydrogens (tertiary/aromatic N) is 3. The fraction of sp³-hybridized carbons (Fsp3) is 0.588. The van der Waals surface area contributed by atoms with Gasteiger partial charge in [-0.3, -0.25) is 9.78 Å². The third kappa shape index (κ3) is 7.52. The molecule has 0 bridgehead atoms. The summed E-state index contributed by atoms with van der Waals surface area (Å²) in [5, 5.41) is 7.04. The first kappa shape index (κ1) is 32.9. The van der Waals surface area contributed by atoms with Gasteiger partial charge in [-0.2, -0.15) is 0 Å². The standard InChI is InChI=1S/C34H49N5O5Si/c1-20-15-23(20)28-16-22-11-12-24(37-31(22)42-28)30(40)36-25-17-35-14-13-27(25)39-18-21(2)29(44-45(9,10)34(6,7)8)26(19-39)38-32(41)43-33(3,4)5/h11-14,16-17,20-21,23,26,29H,15,18-19H2,1-10H3,(H,36,40)(H,38,41)/t20?,21-,23?,26+,29?/m0/s1.